The lowest BCUT2D eigenvalue weighted by Crippen LogP contribution is -2.54. The van der Waals surface area contributed by atoms with Crippen LogP contribution in [0.3, 0.4) is 0 Å². The highest BCUT2D eigenvalue weighted by atomic mass is 19.1. The number of amides is 4. The van der Waals surface area contributed by atoms with Gasteiger partial charge >= 0.3 is 0 Å². The van der Waals surface area contributed by atoms with Gasteiger partial charge in [-0.25, -0.2) is 4.39 Å². The highest BCUT2D eigenvalue weighted by Gasteiger charge is 2.45. The van der Waals surface area contributed by atoms with Gasteiger partial charge in [0.15, 0.2) is 0 Å². The number of carbonyl (C=O) groups excluding carboxylic acids is 4. The molecule has 3 aliphatic rings. The van der Waals surface area contributed by atoms with Gasteiger partial charge in [0.1, 0.15) is 11.9 Å². The molecule has 3 heterocycles. The molecule has 3 aliphatic heterocycles. The number of halogens is 1. The van der Waals surface area contributed by atoms with Crippen molar-refractivity contribution in [3.8, 4) is 0 Å². The second kappa shape index (κ2) is 10.1. The minimum absolute atomic E-state index is 0.00837. The Kier molecular flexibility index (Phi) is 4.46. The van der Waals surface area contributed by atoms with Crippen LogP contribution >= 0.6 is 0 Å². The molecule has 198 valence electrons. The number of piperidine rings is 1. The van der Waals surface area contributed by atoms with Crippen molar-refractivity contribution in [3.05, 3.63) is 101 Å². The third-order valence-corrected chi connectivity index (χ3v) is 6.80. The summed E-state index contributed by atoms with van der Waals surface area (Å²) in [6.45, 7) is -13.8. The Morgan fingerprint density at radius 1 is 0.821 bits per heavy atom. The average Bonchev–Trinajstić information content (AvgIpc) is 3.24. The molecule has 6 rings (SSSR count). The van der Waals surface area contributed by atoms with Crippen LogP contribution in [0.1, 0.15) is 61.7 Å². The fraction of sp³-hybridized carbons (Fsp3) is 0.267. The van der Waals surface area contributed by atoms with Gasteiger partial charge in [-0.15, -0.1) is 0 Å². The van der Waals surface area contributed by atoms with E-state index in [-0.39, 0.29) is 17.7 Å². The van der Waals surface area contributed by atoms with Crippen LogP contribution in [0.25, 0.3) is 0 Å². The van der Waals surface area contributed by atoms with E-state index in [4.69, 9.17) is 11.0 Å². The number of fused-ring (bicyclic) bond motifs is 1. The molecule has 8 nitrogen and oxygen atoms in total. The number of rotatable bonds is 5. The average molecular weight is 535 g/mol. The zero-order chi connectivity index (χ0) is 34.3. The van der Waals surface area contributed by atoms with Crippen LogP contribution in [-0.2, 0) is 9.59 Å². The van der Waals surface area contributed by atoms with E-state index in [0.717, 1.165) is 0 Å². The van der Waals surface area contributed by atoms with Crippen LogP contribution in [-0.4, -0.2) is 65.5 Å². The topological polar surface area (TPSA) is 90.0 Å². The summed E-state index contributed by atoms with van der Waals surface area (Å²) in [7, 11) is 0. The molecule has 0 bridgehead atoms. The SMILES string of the molecule is [2H]C1([2H])N(c2cc3c(cc2F)C(=O)N(C2CCC(=O)NC2=O)C3=O)C([2H])([2H])C([2H])([2H])N(C(c2ccccc2)c2ccccc2)C1([2H])[2H]. The molecule has 0 saturated carbocycles. The molecular formula is C30H27FN4O4. The Hall–Kier alpha value is -4.37. The van der Waals surface area contributed by atoms with Crippen LogP contribution in [0.5, 0.6) is 0 Å². The third kappa shape index (κ3) is 4.48. The van der Waals surface area contributed by atoms with Crippen molar-refractivity contribution in [2.24, 2.45) is 0 Å². The predicted octanol–water partition coefficient (Wildman–Crippen LogP) is 3.14. The first-order chi connectivity index (χ1) is 21.9. The molecule has 1 atom stereocenters. The molecule has 39 heavy (non-hydrogen) atoms. The number of piperazine rings is 1. The van der Waals surface area contributed by atoms with Crippen molar-refractivity contribution in [3.63, 3.8) is 0 Å². The van der Waals surface area contributed by atoms with Crippen molar-refractivity contribution in [1.82, 2.24) is 15.1 Å². The van der Waals surface area contributed by atoms with E-state index < -0.39 is 84.3 Å². The van der Waals surface area contributed by atoms with Crippen molar-refractivity contribution in [2.75, 3.05) is 30.9 Å². The minimum Gasteiger partial charge on any atom is -0.367 e. The number of hydrogen-bond acceptors (Lipinski definition) is 6. The van der Waals surface area contributed by atoms with E-state index in [0.29, 0.717) is 33.1 Å². The summed E-state index contributed by atoms with van der Waals surface area (Å²) in [6.07, 6.45) is -0.367. The van der Waals surface area contributed by atoms with E-state index >= 15 is 4.39 Å². The Morgan fingerprint density at radius 2 is 1.38 bits per heavy atom. The second-order valence-corrected chi connectivity index (χ2v) is 9.17. The van der Waals surface area contributed by atoms with Gasteiger partial charge < -0.3 is 4.90 Å². The number of hydrogen-bond donors (Lipinski definition) is 1. The highest BCUT2D eigenvalue weighted by Crippen LogP contribution is 2.34. The zero-order valence-corrected chi connectivity index (χ0v) is 20.3. The summed E-state index contributed by atoms with van der Waals surface area (Å²) in [5, 5.41) is 2.03. The van der Waals surface area contributed by atoms with E-state index in [1.165, 1.54) is 0 Å². The molecule has 1 unspecified atom stereocenters. The maximum atomic E-state index is 16.0. The molecule has 9 heteroatoms. The predicted molar refractivity (Wildman–Crippen MR) is 142 cm³/mol. The zero-order valence-electron chi connectivity index (χ0n) is 28.3. The molecule has 3 aromatic carbocycles. The lowest BCUT2D eigenvalue weighted by molar-refractivity contribution is -0.136. The summed E-state index contributed by atoms with van der Waals surface area (Å²) >= 11 is 0. The normalized spacial score (nSPS) is 28.2. The van der Waals surface area contributed by atoms with E-state index in [1.807, 2.05) is 5.32 Å². The molecule has 0 aromatic heterocycles. The lowest BCUT2D eigenvalue weighted by atomic mass is 9.96. The van der Waals surface area contributed by atoms with E-state index in [1.54, 1.807) is 60.7 Å². The Morgan fingerprint density at radius 3 is 1.95 bits per heavy atom. The molecule has 0 radical (unpaired) electrons. The first-order valence-corrected chi connectivity index (χ1v) is 12.2. The summed E-state index contributed by atoms with van der Waals surface area (Å²) < 4.78 is 88.2. The molecule has 0 spiro atoms. The maximum absolute atomic E-state index is 16.0. The smallest absolute Gasteiger partial charge is 0.262 e. The molecule has 2 saturated heterocycles. The fourth-order valence-corrected chi connectivity index (χ4v) is 4.92. The number of imide groups is 2. The molecule has 1 N–H and O–H groups in total. The second-order valence-electron chi connectivity index (χ2n) is 9.17. The number of benzene rings is 3. The molecule has 2 fully saturated rings. The van der Waals surface area contributed by atoms with Crippen LogP contribution in [0.4, 0.5) is 10.1 Å². The van der Waals surface area contributed by atoms with Gasteiger partial charge in [0, 0.05) is 37.9 Å². The summed E-state index contributed by atoms with van der Waals surface area (Å²) in [6, 6.07) is 14.6. The summed E-state index contributed by atoms with van der Waals surface area (Å²) in [4.78, 5) is 51.8. The Balaban J connectivity index is 1.49. The summed E-state index contributed by atoms with van der Waals surface area (Å²) in [5.74, 6) is -5.14. The Labute approximate surface area is 236 Å². The van der Waals surface area contributed by atoms with Gasteiger partial charge in [-0.05, 0) is 29.7 Å². The van der Waals surface area contributed by atoms with Gasteiger partial charge in [0.2, 0.25) is 11.8 Å². The number of nitrogens with zero attached hydrogens (tertiary/aromatic N) is 3. The fourth-order valence-electron chi connectivity index (χ4n) is 4.92. The number of nitrogens with one attached hydrogen (secondary N) is 1. The van der Waals surface area contributed by atoms with Crippen LogP contribution in [0.2, 0.25) is 0 Å². The largest absolute Gasteiger partial charge is 0.367 e. The van der Waals surface area contributed by atoms with Gasteiger partial charge in [-0.3, -0.25) is 34.3 Å². The minimum atomic E-state index is -3.52. The standard InChI is InChI=1S/C30H27FN4O4/c31-23-17-21-22(30(39)35(29(21)38)24-11-12-26(36)32-28(24)37)18-25(23)33-13-15-34(16-14-33)27(19-7-3-1-4-8-19)20-9-5-2-6-10-20/h1-10,17-18,24,27H,11-16H2,(H,32,36,37)/i13D2,14D2,15D2,16D2. The number of anilines is 1. The van der Waals surface area contributed by atoms with Crippen LogP contribution in [0.15, 0.2) is 72.8 Å². The van der Waals surface area contributed by atoms with Crippen LogP contribution in [0, 0.1) is 5.82 Å². The number of carbonyl (C=O) groups is 4. The van der Waals surface area contributed by atoms with Gasteiger partial charge in [0.25, 0.3) is 11.8 Å². The van der Waals surface area contributed by atoms with Crippen molar-refractivity contribution in [1.29, 1.82) is 0 Å². The van der Waals surface area contributed by atoms with Gasteiger partial charge in [-0.2, -0.15) is 0 Å². The first kappa shape index (κ1) is 17.3. The van der Waals surface area contributed by atoms with Crippen molar-refractivity contribution >= 4 is 29.3 Å². The lowest BCUT2D eigenvalue weighted by Gasteiger charge is -2.40. The monoisotopic (exact) mass is 534 g/mol. The van der Waals surface area contributed by atoms with E-state index in [9.17, 15) is 19.2 Å². The Bertz CT molecular complexity index is 1740. The van der Waals surface area contributed by atoms with E-state index in [2.05, 4.69) is 0 Å². The highest BCUT2D eigenvalue weighted by molar-refractivity contribution is 6.23. The van der Waals surface area contributed by atoms with Crippen molar-refractivity contribution < 1.29 is 34.5 Å². The summed E-state index contributed by atoms with van der Waals surface area (Å²) in [5.41, 5.74) is -1.41. The quantitative estimate of drug-likeness (QED) is 0.506. The van der Waals surface area contributed by atoms with Gasteiger partial charge in [0.05, 0.1) is 28.3 Å². The maximum Gasteiger partial charge on any atom is 0.262 e. The molecular weight excluding hydrogens is 499 g/mol. The van der Waals surface area contributed by atoms with Crippen molar-refractivity contribution in [2.45, 2.75) is 24.9 Å². The molecule has 3 aromatic rings. The van der Waals surface area contributed by atoms with Gasteiger partial charge in [-0.1, -0.05) is 60.7 Å². The molecule has 0 aliphatic carbocycles. The molecule has 4 amide bonds. The van der Waals surface area contributed by atoms with Crippen LogP contribution < -0.4 is 10.2 Å². The first-order valence-electron chi connectivity index (χ1n) is 16.2. The third-order valence-electron chi connectivity index (χ3n) is 6.80.